The van der Waals surface area contributed by atoms with Gasteiger partial charge in [-0.15, -0.1) is 0 Å². The van der Waals surface area contributed by atoms with Crippen LogP contribution in [0, 0.1) is 0 Å². The summed E-state index contributed by atoms with van der Waals surface area (Å²) in [5, 5.41) is 32.1. The molecule has 4 N–H and O–H groups in total. The van der Waals surface area contributed by atoms with Crippen molar-refractivity contribution in [1.82, 2.24) is 5.32 Å². The number of phenolic OH excluding ortho intramolecular Hbond substituents is 2. The van der Waals surface area contributed by atoms with Crippen molar-refractivity contribution in [3.8, 4) is 11.5 Å². The second-order valence-corrected chi connectivity index (χ2v) is 5.13. The van der Waals surface area contributed by atoms with Crippen LogP contribution in [0.3, 0.4) is 0 Å². The Balaban J connectivity index is 2.62. The van der Waals surface area contributed by atoms with Crippen molar-refractivity contribution in [3.63, 3.8) is 0 Å². The average Bonchev–Trinajstić information content (AvgIpc) is 2.24. The van der Waals surface area contributed by atoms with Crippen molar-refractivity contribution in [3.05, 3.63) is 23.8 Å². The molecule has 4 nitrogen and oxygen atoms in total. The molecule has 4 heteroatoms. The van der Waals surface area contributed by atoms with Gasteiger partial charge < -0.3 is 20.6 Å². The molecule has 0 saturated heterocycles. The van der Waals surface area contributed by atoms with Gasteiger partial charge in [0.1, 0.15) is 11.5 Å². The van der Waals surface area contributed by atoms with E-state index in [9.17, 15) is 15.3 Å². The summed E-state index contributed by atoms with van der Waals surface area (Å²) >= 11 is 0. The molecule has 2 unspecified atom stereocenters. The quantitative estimate of drug-likeness (QED) is 0.627. The zero-order valence-electron chi connectivity index (χ0n) is 11.3. The van der Waals surface area contributed by atoms with Gasteiger partial charge in [-0.05, 0) is 38.0 Å². The lowest BCUT2D eigenvalue weighted by molar-refractivity contribution is 0.0476. The van der Waals surface area contributed by atoms with E-state index >= 15 is 0 Å². The van der Waals surface area contributed by atoms with Crippen molar-refractivity contribution in [2.24, 2.45) is 0 Å². The monoisotopic (exact) mass is 253 g/mol. The summed E-state index contributed by atoms with van der Waals surface area (Å²) in [6.45, 7) is 6.23. The third-order valence-corrected chi connectivity index (χ3v) is 3.00. The Hall–Kier alpha value is -1.26. The second kappa shape index (κ2) is 6.07. The molecule has 0 heterocycles. The van der Waals surface area contributed by atoms with Crippen molar-refractivity contribution in [1.29, 1.82) is 0 Å². The van der Waals surface area contributed by atoms with E-state index in [4.69, 9.17) is 0 Å². The maximum absolute atomic E-state index is 10.1. The van der Waals surface area contributed by atoms with E-state index in [0.717, 1.165) is 18.4 Å². The van der Waals surface area contributed by atoms with Gasteiger partial charge in [-0.1, -0.05) is 13.3 Å². The van der Waals surface area contributed by atoms with E-state index in [1.807, 2.05) is 13.8 Å². The predicted molar refractivity (Wildman–Crippen MR) is 71.7 cm³/mol. The van der Waals surface area contributed by atoms with Crippen LogP contribution in [-0.2, 0) is 0 Å². The zero-order valence-corrected chi connectivity index (χ0v) is 11.3. The predicted octanol–water partition coefficient (Wildman–Crippen LogP) is 2.30. The van der Waals surface area contributed by atoms with Crippen LogP contribution in [0.15, 0.2) is 18.2 Å². The SMILES string of the molecule is CCCC(C)(O)CNC(C)c1cc(O)cc(O)c1. The summed E-state index contributed by atoms with van der Waals surface area (Å²) in [6.07, 6.45) is 1.66. The lowest BCUT2D eigenvalue weighted by Gasteiger charge is -2.25. The number of nitrogens with one attached hydrogen (secondary N) is 1. The maximum Gasteiger partial charge on any atom is 0.119 e. The van der Waals surface area contributed by atoms with Crippen LogP contribution in [-0.4, -0.2) is 27.5 Å². The Morgan fingerprint density at radius 1 is 1.22 bits per heavy atom. The molecule has 1 aromatic rings. The largest absolute Gasteiger partial charge is 0.508 e. The number of aliphatic hydroxyl groups is 1. The number of phenols is 2. The first-order chi connectivity index (χ1) is 8.34. The van der Waals surface area contributed by atoms with Crippen LogP contribution in [0.25, 0.3) is 0 Å². The van der Waals surface area contributed by atoms with Crippen LogP contribution in [0.1, 0.15) is 45.2 Å². The van der Waals surface area contributed by atoms with Gasteiger partial charge >= 0.3 is 0 Å². The first-order valence-electron chi connectivity index (χ1n) is 6.33. The van der Waals surface area contributed by atoms with E-state index in [2.05, 4.69) is 5.32 Å². The summed E-state index contributed by atoms with van der Waals surface area (Å²) in [4.78, 5) is 0. The molecular weight excluding hydrogens is 230 g/mol. The Morgan fingerprint density at radius 3 is 2.28 bits per heavy atom. The van der Waals surface area contributed by atoms with Gasteiger partial charge in [-0.2, -0.15) is 0 Å². The van der Waals surface area contributed by atoms with E-state index < -0.39 is 5.60 Å². The summed E-state index contributed by atoms with van der Waals surface area (Å²) in [6, 6.07) is 4.45. The first kappa shape index (κ1) is 14.8. The fraction of sp³-hybridized carbons (Fsp3) is 0.571. The van der Waals surface area contributed by atoms with Crippen molar-refractivity contribution < 1.29 is 15.3 Å². The molecule has 102 valence electrons. The molecule has 18 heavy (non-hydrogen) atoms. The summed E-state index contributed by atoms with van der Waals surface area (Å²) < 4.78 is 0. The van der Waals surface area contributed by atoms with Crippen LogP contribution in [0.2, 0.25) is 0 Å². The second-order valence-electron chi connectivity index (χ2n) is 5.13. The van der Waals surface area contributed by atoms with Gasteiger partial charge in [0.25, 0.3) is 0 Å². The van der Waals surface area contributed by atoms with Gasteiger partial charge in [0, 0.05) is 18.7 Å². The minimum atomic E-state index is -0.734. The number of benzene rings is 1. The fourth-order valence-corrected chi connectivity index (χ4v) is 1.99. The normalized spacial score (nSPS) is 16.2. The smallest absolute Gasteiger partial charge is 0.119 e. The highest BCUT2D eigenvalue weighted by atomic mass is 16.3. The molecule has 2 atom stereocenters. The standard InChI is InChI=1S/C14H23NO3/c1-4-5-14(3,18)9-15-10(2)11-6-12(16)8-13(17)7-11/h6-8,10,15-18H,4-5,9H2,1-3H3. The third kappa shape index (κ3) is 4.55. The van der Waals surface area contributed by atoms with Crippen LogP contribution < -0.4 is 5.32 Å². The number of rotatable bonds is 6. The molecule has 0 fully saturated rings. The third-order valence-electron chi connectivity index (χ3n) is 3.00. The Kier molecular flexibility index (Phi) is 4.99. The Labute approximate surface area is 108 Å². The van der Waals surface area contributed by atoms with Gasteiger partial charge in [0.15, 0.2) is 0 Å². The highest BCUT2D eigenvalue weighted by Crippen LogP contribution is 2.25. The topological polar surface area (TPSA) is 72.7 Å². The van der Waals surface area contributed by atoms with Gasteiger partial charge in [0.05, 0.1) is 5.60 Å². The average molecular weight is 253 g/mol. The molecule has 0 aliphatic rings. The Bertz CT molecular complexity index is 370. The highest BCUT2D eigenvalue weighted by Gasteiger charge is 2.20. The number of hydrogen-bond donors (Lipinski definition) is 4. The van der Waals surface area contributed by atoms with Crippen molar-refractivity contribution in [2.45, 2.75) is 45.3 Å². The number of hydrogen-bond acceptors (Lipinski definition) is 4. The van der Waals surface area contributed by atoms with E-state index in [0.29, 0.717) is 6.54 Å². The van der Waals surface area contributed by atoms with Crippen LogP contribution in [0.5, 0.6) is 11.5 Å². The fourth-order valence-electron chi connectivity index (χ4n) is 1.99. The van der Waals surface area contributed by atoms with Gasteiger partial charge in [-0.25, -0.2) is 0 Å². The van der Waals surface area contributed by atoms with Crippen LogP contribution >= 0.6 is 0 Å². The molecule has 0 radical (unpaired) electrons. The molecule has 0 aliphatic heterocycles. The molecule has 0 aliphatic carbocycles. The lowest BCUT2D eigenvalue weighted by Crippen LogP contribution is -2.38. The molecule has 0 aromatic heterocycles. The summed E-state index contributed by atoms with van der Waals surface area (Å²) in [5.74, 6) is 0.0814. The Morgan fingerprint density at radius 2 is 1.78 bits per heavy atom. The van der Waals surface area contributed by atoms with Crippen molar-refractivity contribution in [2.75, 3.05) is 6.54 Å². The summed E-state index contributed by atoms with van der Waals surface area (Å²) in [5.41, 5.74) is 0.0572. The van der Waals surface area contributed by atoms with E-state index in [1.165, 1.54) is 6.07 Å². The molecule has 0 amide bonds. The van der Waals surface area contributed by atoms with Gasteiger partial charge in [-0.3, -0.25) is 0 Å². The number of aromatic hydroxyl groups is 2. The zero-order chi connectivity index (χ0) is 13.8. The molecule has 1 rings (SSSR count). The molecule has 0 spiro atoms. The van der Waals surface area contributed by atoms with Crippen LogP contribution in [0.4, 0.5) is 0 Å². The molecule has 0 saturated carbocycles. The molecule has 1 aromatic carbocycles. The summed E-state index contributed by atoms with van der Waals surface area (Å²) in [7, 11) is 0. The maximum atomic E-state index is 10.1. The first-order valence-corrected chi connectivity index (χ1v) is 6.33. The highest BCUT2D eigenvalue weighted by molar-refractivity contribution is 5.37. The minimum absolute atomic E-state index is 0.0407. The molecule has 0 bridgehead atoms. The lowest BCUT2D eigenvalue weighted by atomic mass is 9.99. The molecular formula is C14H23NO3. The minimum Gasteiger partial charge on any atom is -0.508 e. The van der Waals surface area contributed by atoms with E-state index in [1.54, 1.807) is 19.1 Å². The van der Waals surface area contributed by atoms with Crippen molar-refractivity contribution >= 4 is 0 Å². The van der Waals surface area contributed by atoms with Gasteiger partial charge in [0.2, 0.25) is 0 Å². The van der Waals surface area contributed by atoms with E-state index in [-0.39, 0.29) is 17.5 Å².